The summed E-state index contributed by atoms with van der Waals surface area (Å²) in [7, 11) is 1.67. The number of benzene rings is 1. The number of ether oxygens (including phenoxy) is 1. The van der Waals surface area contributed by atoms with Crippen LogP contribution >= 0.6 is 11.8 Å². The number of aromatic nitrogens is 3. The molecule has 0 bridgehead atoms. The van der Waals surface area contributed by atoms with Gasteiger partial charge < -0.3 is 9.84 Å². The van der Waals surface area contributed by atoms with E-state index in [4.69, 9.17) is 4.74 Å². The Bertz CT molecular complexity index is 657. The molecule has 130 valence electrons. The van der Waals surface area contributed by atoms with Crippen molar-refractivity contribution in [3.63, 3.8) is 0 Å². The van der Waals surface area contributed by atoms with Crippen LogP contribution in [0.15, 0.2) is 29.4 Å². The van der Waals surface area contributed by atoms with Crippen LogP contribution in [0.4, 0.5) is 0 Å². The molecule has 1 saturated carbocycles. The average molecular weight is 347 g/mol. The zero-order chi connectivity index (χ0) is 16.9. The molecule has 1 aromatic heterocycles. The highest BCUT2D eigenvalue weighted by Gasteiger charge is 2.28. The van der Waals surface area contributed by atoms with Crippen LogP contribution in [0.25, 0.3) is 11.4 Å². The maximum absolute atomic E-state index is 9.17. The van der Waals surface area contributed by atoms with Crippen molar-refractivity contribution in [1.29, 1.82) is 0 Å². The Kier molecular flexibility index (Phi) is 5.79. The summed E-state index contributed by atoms with van der Waals surface area (Å²) in [4.78, 5) is 0. The summed E-state index contributed by atoms with van der Waals surface area (Å²) in [5.74, 6) is 3.00. The summed E-state index contributed by atoms with van der Waals surface area (Å²) in [6, 6.07) is 8.41. The first-order valence-electron chi connectivity index (χ1n) is 8.57. The maximum atomic E-state index is 9.17. The number of rotatable bonds is 6. The Labute approximate surface area is 147 Å². The van der Waals surface area contributed by atoms with E-state index in [1.54, 1.807) is 18.9 Å². The van der Waals surface area contributed by atoms with E-state index >= 15 is 0 Å². The van der Waals surface area contributed by atoms with Crippen molar-refractivity contribution >= 4 is 11.8 Å². The van der Waals surface area contributed by atoms with Gasteiger partial charge in [-0.1, -0.05) is 31.5 Å². The molecule has 0 radical (unpaired) electrons. The molecular formula is C18H25N3O2S. The lowest BCUT2D eigenvalue weighted by atomic mass is 9.85. The van der Waals surface area contributed by atoms with Gasteiger partial charge in [-0.05, 0) is 43.0 Å². The van der Waals surface area contributed by atoms with Gasteiger partial charge in [0, 0.05) is 17.4 Å². The average Bonchev–Trinajstić information content (AvgIpc) is 3.04. The Morgan fingerprint density at radius 2 is 1.96 bits per heavy atom. The molecule has 1 heterocycles. The largest absolute Gasteiger partial charge is 0.497 e. The molecule has 5 nitrogen and oxygen atoms in total. The lowest BCUT2D eigenvalue weighted by Crippen LogP contribution is -2.22. The summed E-state index contributed by atoms with van der Waals surface area (Å²) in [6.07, 6.45) is 4.96. The first-order chi connectivity index (χ1) is 11.7. The molecule has 1 fully saturated rings. The Morgan fingerprint density at radius 3 is 2.62 bits per heavy atom. The quantitative estimate of drug-likeness (QED) is 0.806. The third-order valence-electron chi connectivity index (χ3n) is 4.73. The molecule has 0 spiro atoms. The second kappa shape index (κ2) is 8.03. The Balaban J connectivity index is 1.99. The van der Waals surface area contributed by atoms with Gasteiger partial charge >= 0.3 is 0 Å². The lowest BCUT2D eigenvalue weighted by Gasteiger charge is -2.31. The maximum Gasteiger partial charge on any atom is 0.191 e. The molecule has 1 aromatic carbocycles. The molecule has 24 heavy (non-hydrogen) atoms. The Morgan fingerprint density at radius 1 is 1.21 bits per heavy atom. The molecule has 3 rings (SSSR count). The smallest absolute Gasteiger partial charge is 0.191 e. The number of methoxy groups -OCH3 is 1. The van der Waals surface area contributed by atoms with Crippen LogP contribution in [0.3, 0.4) is 0 Å². The van der Waals surface area contributed by atoms with Crippen LogP contribution in [-0.4, -0.2) is 39.3 Å². The molecule has 0 unspecified atom stereocenters. The van der Waals surface area contributed by atoms with Crippen LogP contribution in [0.1, 0.15) is 38.6 Å². The molecule has 0 saturated heterocycles. The number of hydrogen-bond acceptors (Lipinski definition) is 5. The van der Waals surface area contributed by atoms with E-state index in [0.29, 0.717) is 17.7 Å². The van der Waals surface area contributed by atoms with Gasteiger partial charge in [0.15, 0.2) is 11.0 Å². The van der Waals surface area contributed by atoms with Crippen LogP contribution in [0, 0.1) is 5.92 Å². The predicted molar refractivity (Wildman–Crippen MR) is 96.5 cm³/mol. The summed E-state index contributed by atoms with van der Waals surface area (Å²) in [6.45, 7) is 2.47. The van der Waals surface area contributed by atoms with Crippen molar-refractivity contribution in [3.8, 4) is 17.1 Å². The minimum Gasteiger partial charge on any atom is -0.497 e. The molecule has 1 aliphatic rings. The minimum absolute atomic E-state index is 0.148. The number of hydrogen-bond donors (Lipinski definition) is 1. The zero-order valence-electron chi connectivity index (χ0n) is 14.3. The van der Waals surface area contributed by atoms with Gasteiger partial charge in [-0.25, -0.2) is 0 Å². The number of nitrogens with zero attached hydrogens (tertiary/aromatic N) is 3. The highest BCUT2D eigenvalue weighted by Crippen LogP contribution is 2.39. The number of aliphatic hydroxyl groups is 1. The monoisotopic (exact) mass is 347 g/mol. The van der Waals surface area contributed by atoms with E-state index in [2.05, 4.69) is 21.7 Å². The van der Waals surface area contributed by atoms with Gasteiger partial charge in [0.25, 0.3) is 0 Å². The fourth-order valence-electron chi connectivity index (χ4n) is 3.43. The summed E-state index contributed by atoms with van der Waals surface area (Å²) >= 11 is 1.58. The predicted octanol–water partition coefficient (Wildman–Crippen LogP) is 3.79. The third kappa shape index (κ3) is 3.59. The number of thioether (sulfide) groups is 1. The highest BCUT2D eigenvalue weighted by atomic mass is 32.2. The van der Waals surface area contributed by atoms with Gasteiger partial charge in [0.1, 0.15) is 5.75 Å². The van der Waals surface area contributed by atoms with E-state index < -0.39 is 0 Å². The molecule has 2 atom stereocenters. The van der Waals surface area contributed by atoms with Gasteiger partial charge in [-0.3, -0.25) is 4.57 Å². The fourth-order valence-corrected chi connectivity index (χ4v) is 4.16. The standard InChI is InChI=1S/C18H25N3O2S/c1-13-5-3-4-6-16(13)21-17(19-20-18(21)24-12-11-22)14-7-9-15(23-2)10-8-14/h7-10,13,16,22H,3-6,11-12H2,1-2H3/t13-,16+/m0/s1. The minimum atomic E-state index is 0.148. The van der Waals surface area contributed by atoms with Crippen LogP contribution in [0.2, 0.25) is 0 Å². The van der Waals surface area contributed by atoms with Gasteiger partial charge in [0.05, 0.1) is 13.7 Å². The van der Waals surface area contributed by atoms with E-state index in [9.17, 15) is 5.11 Å². The zero-order valence-corrected chi connectivity index (χ0v) is 15.1. The van der Waals surface area contributed by atoms with Crippen molar-refractivity contribution in [1.82, 2.24) is 14.8 Å². The molecule has 2 aromatic rings. The lowest BCUT2D eigenvalue weighted by molar-refractivity contribution is 0.247. The molecule has 1 N–H and O–H groups in total. The van der Waals surface area contributed by atoms with Crippen molar-refractivity contribution in [2.24, 2.45) is 5.92 Å². The molecule has 0 amide bonds. The van der Waals surface area contributed by atoms with Crippen molar-refractivity contribution in [2.45, 2.75) is 43.8 Å². The van der Waals surface area contributed by atoms with E-state index in [-0.39, 0.29) is 6.61 Å². The first-order valence-corrected chi connectivity index (χ1v) is 9.56. The normalized spacial score (nSPS) is 21.0. The molecular weight excluding hydrogens is 322 g/mol. The van der Waals surface area contributed by atoms with Crippen LogP contribution in [0.5, 0.6) is 5.75 Å². The van der Waals surface area contributed by atoms with E-state index in [1.807, 2.05) is 24.3 Å². The van der Waals surface area contributed by atoms with Gasteiger partial charge in [0.2, 0.25) is 0 Å². The summed E-state index contributed by atoms with van der Waals surface area (Å²) in [5, 5.41) is 19.0. The first kappa shape index (κ1) is 17.3. The van der Waals surface area contributed by atoms with Crippen LogP contribution in [-0.2, 0) is 0 Å². The topological polar surface area (TPSA) is 60.2 Å². The van der Waals surface area contributed by atoms with Gasteiger partial charge in [-0.15, -0.1) is 10.2 Å². The fraction of sp³-hybridized carbons (Fsp3) is 0.556. The summed E-state index contributed by atoms with van der Waals surface area (Å²) < 4.78 is 7.55. The second-order valence-corrected chi connectivity index (χ2v) is 7.37. The highest BCUT2D eigenvalue weighted by molar-refractivity contribution is 7.99. The van der Waals surface area contributed by atoms with Crippen molar-refractivity contribution in [2.75, 3.05) is 19.5 Å². The number of aliphatic hydroxyl groups excluding tert-OH is 1. The van der Waals surface area contributed by atoms with Crippen molar-refractivity contribution < 1.29 is 9.84 Å². The van der Waals surface area contributed by atoms with Gasteiger partial charge in [-0.2, -0.15) is 0 Å². The molecule has 1 aliphatic carbocycles. The van der Waals surface area contributed by atoms with Crippen molar-refractivity contribution in [3.05, 3.63) is 24.3 Å². The van der Waals surface area contributed by atoms with E-state index in [1.165, 1.54) is 19.3 Å². The van der Waals surface area contributed by atoms with E-state index in [0.717, 1.165) is 28.7 Å². The third-order valence-corrected chi connectivity index (χ3v) is 5.66. The summed E-state index contributed by atoms with van der Waals surface area (Å²) in [5.41, 5.74) is 1.05. The molecule has 0 aliphatic heterocycles. The second-order valence-electron chi connectivity index (χ2n) is 6.31. The molecule has 6 heteroatoms. The van der Waals surface area contributed by atoms with Crippen LogP contribution < -0.4 is 4.74 Å². The SMILES string of the molecule is COc1ccc(-c2nnc(SCCO)n2[C@@H]2CCCC[C@@H]2C)cc1. The Hall–Kier alpha value is -1.53.